The van der Waals surface area contributed by atoms with E-state index in [0.29, 0.717) is 18.3 Å². The predicted octanol–water partition coefficient (Wildman–Crippen LogP) is 2.55. The molecule has 1 aromatic heterocycles. The van der Waals surface area contributed by atoms with Crippen LogP contribution in [0, 0.1) is 24.6 Å². The van der Waals surface area contributed by atoms with Crippen LogP contribution in [-0.4, -0.2) is 35.4 Å². The quantitative estimate of drug-likeness (QED) is 0.930. The van der Waals surface area contributed by atoms with Crippen molar-refractivity contribution in [3.05, 3.63) is 51.7 Å². The van der Waals surface area contributed by atoms with Crippen LogP contribution in [0.25, 0.3) is 0 Å². The first kappa shape index (κ1) is 15.7. The third-order valence-electron chi connectivity index (χ3n) is 5.07. The van der Waals surface area contributed by atoms with Gasteiger partial charge in [-0.1, -0.05) is 12.1 Å². The summed E-state index contributed by atoms with van der Waals surface area (Å²) in [6, 6.07) is 6.63. The number of benzene rings is 1. The molecule has 126 valence electrons. The minimum absolute atomic E-state index is 0.0482. The second-order valence-corrected chi connectivity index (χ2v) is 7.72. The molecular weight excluding hydrogens is 325 g/mol. The lowest BCUT2D eigenvalue weighted by Gasteiger charge is -2.28. The molecule has 4 nitrogen and oxygen atoms in total. The molecule has 0 bridgehead atoms. The second-order valence-electron chi connectivity index (χ2n) is 6.66. The molecular formula is C18H20FN3OS. The van der Waals surface area contributed by atoms with Gasteiger partial charge in [0.25, 0.3) is 0 Å². The Labute approximate surface area is 144 Å². The summed E-state index contributed by atoms with van der Waals surface area (Å²) in [5, 5.41) is 6.33. The summed E-state index contributed by atoms with van der Waals surface area (Å²) in [5.74, 6) is 0.640. The molecule has 0 spiro atoms. The molecule has 0 unspecified atom stereocenters. The highest BCUT2D eigenvalue weighted by Crippen LogP contribution is 2.42. The fourth-order valence-corrected chi connectivity index (χ4v) is 4.65. The van der Waals surface area contributed by atoms with E-state index >= 15 is 0 Å². The van der Waals surface area contributed by atoms with Crippen LogP contribution in [-0.2, 0) is 11.2 Å². The molecule has 3 heterocycles. The van der Waals surface area contributed by atoms with E-state index in [9.17, 15) is 9.18 Å². The van der Waals surface area contributed by atoms with Crippen molar-refractivity contribution in [2.45, 2.75) is 19.4 Å². The summed E-state index contributed by atoms with van der Waals surface area (Å²) in [7, 11) is 0. The van der Waals surface area contributed by atoms with E-state index in [1.54, 1.807) is 23.5 Å². The maximum atomic E-state index is 13.7. The van der Waals surface area contributed by atoms with E-state index in [4.69, 9.17) is 0 Å². The van der Waals surface area contributed by atoms with Gasteiger partial charge in [0.1, 0.15) is 5.82 Å². The lowest BCUT2D eigenvalue weighted by Crippen LogP contribution is -2.35. The number of nitrogens with zero attached hydrogens (tertiary/aromatic N) is 2. The predicted molar refractivity (Wildman–Crippen MR) is 91.3 cm³/mol. The molecule has 3 atom stereocenters. The van der Waals surface area contributed by atoms with Gasteiger partial charge >= 0.3 is 0 Å². The number of aromatic nitrogens is 1. The summed E-state index contributed by atoms with van der Waals surface area (Å²) in [4.78, 5) is 19.2. The number of hydrogen-bond acceptors (Lipinski definition) is 4. The Morgan fingerprint density at radius 3 is 3.08 bits per heavy atom. The fourth-order valence-electron chi connectivity index (χ4n) is 4.04. The first-order chi connectivity index (χ1) is 11.6. The molecule has 1 amide bonds. The monoisotopic (exact) mass is 345 g/mol. The molecule has 24 heavy (non-hydrogen) atoms. The van der Waals surface area contributed by atoms with Gasteiger partial charge < -0.3 is 10.2 Å². The zero-order valence-electron chi connectivity index (χ0n) is 13.5. The number of carbonyl (C=O) groups is 1. The maximum Gasteiger partial charge on any atom is 0.229 e. The topological polar surface area (TPSA) is 45.2 Å². The highest BCUT2D eigenvalue weighted by Gasteiger charge is 2.46. The molecule has 2 fully saturated rings. The van der Waals surface area contributed by atoms with E-state index in [1.807, 2.05) is 23.3 Å². The van der Waals surface area contributed by atoms with E-state index in [-0.39, 0.29) is 17.8 Å². The summed E-state index contributed by atoms with van der Waals surface area (Å²) < 4.78 is 13.7. The van der Waals surface area contributed by atoms with Crippen molar-refractivity contribution in [2.75, 3.05) is 19.6 Å². The van der Waals surface area contributed by atoms with Crippen LogP contribution in [0.2, 0.25) is 0 Å². The second kappa shape index (κ2) is 6.26. The minimum Gasteiger partial charge on any atom is -0.335 e. The number of hydrogen-bond donors (Lipinski definition) is 1. The Hall–Kier alpha value is -1.79. The van der Waals surface area contributed by atoms with Crippen LogP contribution in [0.1, 0.15) is 22.3 Å². The standard InChI is InChI=1S/C18H20FN3OS/c1-11-21-15(10-24-11)6-17(23)22-9-13-7-20-8-16(13)18(22)12-3-2-4-14(19)5-12/h2-5,10,13,16,18,20H,6-9H2,1H3/t13-,16-,18-/m0/s1. The zero-order valence-corrected chi connectivity index (χ0v) is 14.4. The number of aryl methyl sites for hydroxylation is 1. The molecule has 2 saturated heterocycles. The Bertz CT molecular complexity index is 762. The number of thiazole rings is 1. The van der Waals surface area contributed by atoms with Crippen LogP contribution >= 0.6 is 11.3 Å². The average Bonchev–Trinajstić information content (AvgIpc) is 3.22. The van der Waals surface area contributed by atoms with Gasteiger partial charge in [-0.05, 0) is 30.5 Å². The van der Waals surface area contributed by atoms with Crippen LogP contribution in [0.3, 0.4) is 0 Å². The average molecular weight is 345 g/mol. The number of amides is 1. The van der Waals surface area contributed by atoms with Gasteiger partial charge in [-0.3, -0.25) is 4.79 Å². The Kier molecular flexibility index (Phi) is 4.10. The van der Waals surface area contributed by atoms with Crippen molar-refractivity contribution in [1.29, 1.82) is 0 Å². The van der Waals surface area contributed by atoms with Crippen molar-refractivity contribution in [3.63, 3.8) is 0 Å². The lowest BCUT2D eigenvalue weighted by atomic mass is 9.89. The molecule has 2 aliphatic rings. The summed E-state index contributed by atoms with van der Waals surface area (Å²) >= 11 is 1.56. The van der Waals surface area contributed by atoms with Gasteiger partial charge in [0.2, 0.25) is 5.91 Å². The van der Waals surface area contributed by atoms with Crippen LogP contribution in [0.15, 0.2) is 29.6 Å². The van der Waals surface area contributed by atoms with Crippen LogP contribution in [0.4, 0.5) is 4.39 Å². The molecule has 1 N–H and O–H groups in total. The van der Waals surface area contributed by atoms with Crippen LogP contribution in [0.5, 0.6) is 0 Å². The fraction of sp³-hybridized carbons (Fsp3) is 0.444. The van der Waals surface area contributed by atoms with Gasteiger partial charge in [0, 0.05) is 30.9 Å². The number of likely N-dealkylation sites (tertiary alicyclic amines) is 1. The number of fused-ring (bicyclic) bond motifs is 1. The van der Waals surface area contributed by atoms with Gasteiger partial charge in [-0.2, -0.15) is 0 Å². The summed E-state index contributed by atoms with van der Waals surface area (Å²) in [6.07, 6.45) is 0.322. The van der Waals surface area contributed by atoms with E-state index < -0.39 is 0 Å². The highest BCUT2D eigenvalue weighted by atomic mass is 32.1. The first-order valence-electron chi connectivity index (χ1n) is 8.28. The number of carbonyl (C=O) groups excluding carboxylic acids is 1. The zero-order chi connectivity index (χ0) is 16.7. The van der Waals surface area contributed by atoms with E-state index in [2.05, 4.69) is 10.3 Å². The first-order valence-corrected chi connectivity index (χ1v) is 9.16. The molecule has 0 aliphatic carbocycles. The summed E-state index contributed by atoms with van der Waals surface area (Å²) in [6.45, 7) is 4.49. The van der Waals surface area contributed by atoms with E-state index in [0.717, 1.165) is 35.9 Å². The molecule has 4 rings (SSSR count). The number of rotatable bonds is 3. The third-order valence-corrected chi connectivity index (χ3v) is 5.90. The van der Waals surface area contributed by atoms with Gasteiger partial charge in [-0.15, -0.1) is 11.3 Å². The van der Waals surface area contributed by atoms with Gasteiger partial charge in [-0.25, -0.2) is 9.37 Å². The SMILES string of the molecule is Cc1nc(CC(=O)N2C[C@@H]3CNC[C@@H]3[C@@H]2c2cccc(F)c2)cs1. The molecule has 0 radical (unpaired) electrons. The maximum absolute atomic E-state index is 13.7. The van der Waals surface area contributed by atoms with Crippen LogP contribution < -0.4 is 5.32 Å². The minimum atomic E-state index is -0.246. The smallest absolute Gasteiger partial charge is 0.229 e. The third kappa shape index (κ3) is 2.84. The Morgan fingerprint density at radius 2 is 2.33 bits per heavy atom. The van der Waals surface area contributed by atoms with E-state index in [1.165, 1.54) is 6.07 Å². The molecule has 1 aromatic carbocycles. The summed E-state index contributed by atoms with van der Waals surface area (Å²) in [5.41, 5.74) is 1.73. The highest BCUT2D eigenvalue weighted by molar-refractivity contribution is 7.09. The Balaban J connectivity index is 1.61. The molecule has 6 heteroatoms. The lowest BCUT2D eigenvalue weighted by molar-refractivity contribution is -0.132. The number of nitrogens with one attached hydrogen (secondary N) is 1. The van der Waals surface area contributed by atoms with Crippen molar-refractivity contribution in [1.82, 2.24) is 15.2 Å². The van der Waals surface area contributed by atoms with Crippen molar-refractivity contribution >= 4 is 17.2 Å². The largest absolute Gasteiger partial charge is 0.335 e. The molecule has 2 aliphatic heterocycles. The number of halogens is 1. The van der Waals surface area contributed by atoms with Gasteiger partial charge in [0.05, 0.1) is 23.2 Å². The molecule has 2 aromatic rings. The van der Waals surface area contributed by atoms with Crippen molar-refractivity contribution in [2.24, 2.45) is 11.8 Å². The van der Waals surface area contributed by atoms with Crippen molar-refractivity contribution < 1.29 is 9.18 Å². The van der Waals surface area contributed by atoms with Crippen molar-refractivity contribution in [3.8, 4) is 0 Å². The molecule has 0 saturated carbocycles. The van der Waals surface area contributed by atoms with Gasteiger partial charge in [0.15, 0.2) is 0 Å². The Morgan fingerprint density at radius 1 is 1.46 bits per heavy atom. The normalized spacial score (nSPS) is 25.9.